The van der Waals surface area contributed by atoms with E-state index in [-0.39, 0.29) is 6.61 Å². The lowest BCUT2D eigenvalue weighted by Crippen LogP contribution is -2.17. The zero-order valence-corrected chi connectivity index (χ0v) is 18.4. The normalized spacial score (nSPS) is 11.1. The maximum atomic E-state index is 8.93. The summed E-state index contributed by atoms with van der Waals surface area (Å²) in [4.78, 5) is 8.66. The van der Waals surface area contributed by atoms with Gasteiger partial charge in [-0.1, -0.05) is 30.3 Å². The Hall–Kier alpha value is -4.27. The number of nitrogens with two attached hydrogens (primary N) is 1. The van der Waals surface area contributed by atoms with Gasteiger partial charge in [0.2, 0.25) is 0 Å². The third-order valence-corrected chi connectivity index (χ3v) is 5.40. The average molecular weight is 453 g/mol. The van der Waals surface area contributed by atoms with Gasteiger partial charge in [0.25, 0.3) is 0 Å². The fraction of sp³-hybridized carbons (Fsp3) is 0.115. The predicted octanol–water partition coefficient (Wildman–Crippen LogP) is 3.94. The maximum Gasteiger partial charge on any atom is 0.169 e. The quantitative estimate of drug-likeness (QED) is 0.306. The van der Waals surface area contributed by atoms with E-state index >= 15 is 0 Å². The molecule has 34 heavy (non-hydrogen) atoms. The highest BCUT2D eigenvalue weighted by atomic mass is 16.5. The second-order valence-corrected chi connectivity index (χ2v) is 7.72. The Kier molecular flexibility index (Phi) is 6.15. The second kappa shape index (κ2) is 9.70. The first-order valence-corrected chi connectivity index (χ1v) is 11.0. The zero-order valence-electron chi connectivity index (χ0n) is 18.4. The molecule has 0 aliphatic rings. The molecule has 3 aromatic carbocycles. The minimum atomic E-state index is 0.112. The molecule has 0 spiro atoms. The van der Waals surface area contributed by atoms with Crippen LogP contribution >= 0.6 is 0 Å². The number of aliphatic hydroxyl groups excluding tert-OH is 1. The summed E-state index contributed by atoms with van der Waals surface area (Å²) >= 11 is 0. The van der Waals surface area contributed by atoms with Crippen LogP contribution in [0.2, 0.25) is 0 Å². The van der Waals surface area contributed by atoms with Crippen LogP contribution in [0.4, 0.5) is 5.82 Å². The van der Waals surface area contributed by atoms with Gasteiger partial charge in [-0.2, -0.15) is 5.10 Å². The van der Waals surface area contributed by atoms with Crippen molar-refractivity contribution in [3.63, 3.8) is 0 Å². The van der Waals surface area contributed by atoms with Crippen LogP contribution in [0.3, 0.4) is 0 Å². The standard InChI is InChI=1S/C26H24N6O2/c27-25-23-24(19-8-12-22(13-9-19)34-21-4-2-1-3-5-21)31-32(26(23)30-17-29-25)20-10-6-18(7-11-20)16-28-14-15-33/h1-13,17,28,33H,14-16H2,(H2,27,29,30). The molecule has 8 nitrogen and oxygen atoms in total. The fourth-order valence-corrected chi connectivity index (χ4v) is 3.73. The number of nitrogens with one attached hydrogen (secondary N) is 1. The molecular weight excluding hydrogens is 428 g/mol. The minimum absolute atomic E-state index is 0.112. The Bertz CT molecular complexity index is 1380. The summed E-state index contributed by atoms with van der Waals surface area (Å²) in [5.74, 6) is 1.88. The van der Waals surface area contributed by atoms with Crippen LogP contribution in [0.1, 0.15) is 5.56 Å². The van der Waals surface area contributed by atoms with Gasteiger partial charge in [0, 0.05) is 18.7 Å². The zero-order chi connectivity index (χ0) is 23.3. The molecule has 0 atom stereocenters. The number of hydrogen-bond donors (Lipinski definition) is 3. The van der Waals surface area contributed by atoms with E-state index in [0.29, 0.717) is 35.6 Å². The summed E-state index contributed by atoms with van der Waals surface area (Å²) in [6.07, 6.45) is 1.45. The number of anilines is 1. The highest BCUT2D eigenvalue weighted by molar-refractivity contribution is 5.98. The van der Waals surface area contributed by atoms with Crippen LogP contribution in [0.15, 0.2) is 85.2 Å². The van der Waals surface area contributed by atoms with Crippen molar-refractivity contribution in [2.45, 2.75) is 6.54 Å². The third-order valence-electron chi connectivity index (χ3n) is 5.40. The predicted molar refractivity (Wildman–Crippen MR) is 132 cm³/mol. The van der Waals surface area contributed by atoms with Crippen molar-refractivity contribution in [3.8, 4) is 28.4 Å². The van der Waals surface area contributed by atoms with Crippen molar-refractivity contribution < 1.29 is 9.84 Å². The smallest absolute Gasteiger partial charge is 0.169 e. The SMILES string of the molecule is Nc1ncnc2c1c(-c1ccc(Oc3ccccc3)cc1)nn2-c1ccc(CNCCO)cc1. The molecule has 0 saturated heterocycles. The van der Waals surface area contributed by atoms with Crippen LogP contribution in [-0.4, -0.2) is 38.0 Å². The van der Waals surface area contributed by atoms with Crippen molar-refractivity contribution >= 4 is 16.9 Å². The summed E-state index contributed by atoms with van der Waals surface area (Å²) in [5, 5.41) is 17.7. The van der Waals surface area contributed by atoms with E-state index < -0.39 is 0 Å². The van der Waals surface area contributed by atoms with E-state index in [2.05, 4.69) is 15.3 Å². The number of para-hydroxylation sites is 1. The number of ether oxygens (including phenoxy) is 1. The molecule has 0 radical (unpaired) electrons. The van der Waals surface area contributed by atoms with Gasteiger partial charge >= 0.3 is 0 Å². The van der Waals surface area contributed by atoms with Crippen LogP contribution in [0.25, 0.3) is 28.0 Å². The second-order valence-electron chi connectivity index (χ2n) is 7.72. The molecule has 5 aromatic rings. The van der Waals surface area contributed by atoms with E-state index in [9.17, 15) is 0 Å². The fourth-order valence-electron chi connectivity index (χ4n) is 3.73. The highest BCUT2D eigenvalue weighted by Crippen LogP contribution is 2.33. The summed E-state index contributed by atoms with van der Waals surface area (Å²) in [6.45, 7) is 1.35. The van der Waals surface area contributed by atoms with E-state index in [0.717, 1.165) is 28.3 Å². The van der Waals surface area contributed by atoms with Gasteiger partial charge < -0.3 is 20.9 Å². The number of nitrogen functional groups attached to an aromatic ring is 1. The van der Waals surface area contributed by atoms with Gasteiger partial charge in [-0.3, -0.25) is 0 Å². The largest absolute Gasteiger partial charge is 0.457 e. The van der Waals surface area contributed by atoms with Gasteiger partial charge in [-0.15, -0.1) is 0 Å². The molecule has 0 aliphatic heterocycles. The lowest BCUT2D eigenvalue weighted by Gasteiger charge is -2.06. The molecule has 0 fully saturated rings. The van der Waals surface area contributed by atoms with Crippen LogP contribution < -0.4 is 15.8 Å². The summed E-state index contributed by atoms with van der Waals surface area (Å²) < 4.78 is 7.69. The number of aromatic nitrogens is 4. The van der Waals surface area contributed by atoms with Crippen LogP contribution in [-0.2, 0) is 6.54 Å². The number of hydrogen-bond acceptors (Lipinski definition) is 7. The van der Waals surface area contributed by atoms with E-state index in [1.807, 2.05) is 78.9 Å². The lowest BCUT2D eigenvalue weighted by molar-refractivity contribution is 0.292. The molecule has 0 unspecified atom stereocenters. The maximum absolute atomic E-state index is 8.93. The lowest BCUT2D eigenvalue weighted by atomic mass is 10.1. The van der Waals surface area contributed by atoms with Gasteiger partial charge in [0.05, 0.1) is 17.7 Å². The number of aliphatic hydroxyl groups is 1. The van der Waals surface area contributed by atoms with Crippen LogP contribution in [0.5, 0.6) is 11.5 Å². The molecule has 170 valence electrons. The van der Waals surface area contributed by atoms with Gasteiger partial charge in [-0.05, 0) is 54.1 Å². The number of benzene rings is 3. The van der Waals surface area contributed by atoms with E-state index in [1.54, 1.807) is 4.68 Å². The Morgan fingerprint density at radius 1 is 0.882 bits per heavy atom. The molecule has 0 saturated carbocycles. The monoisotopic (exact) mass is 452 g/mol. The van der Waals surface area contributed by atoms with Gasteiger partial charge in [0.1, 0.15) is 29.3 Å². The van der Waals surface area contributed by atoms with E-state index in [1.165, 1.54) is 6.33 Å². The van der Waals surface area contributed by atoms with Crippen molar-refractivity contribution in [2.24, 2.45) is 0 Å². The van der Waals surface area contributed by atoms with Crippen molar-refractivity contribution in [3.05, 3.63) is 90.8 Å². The Labute approximate surface area is 196 Å². The first-order valence-electron chi connectivity index (χ1n) is 11.0. The average Bonchev–Trinajstić information content (AvgIpc) is 3.27. The molecule has 0 amide bonds. The summed E-state index contributed by atoms with van der Waals surface area (Å²) in [5.41, 5.74) is 10.4. The third kappa shape index (κ3) is 4.45. The summed E-state index contributed by atoms with van der Waals surface area (Å²) in [7, 11) is 0. The number of rotatable bonds is 8. The van der Waals surface area contributed by atoms with Gasteiger partial charge in [-0.25, -0.2) is 14.6 Å². The molecule has 4 N–H and O–H groups in total. The van der Waals surface area contributed by atoms with Gasteiger partial charge in [0.15, 0.2) is 5.65 Å². The van der Waals surface area contributed by atoms with E-state index in [4.69, 9.17) is 20.7 Å². The first-order chi connectivity index (χ1) is 16.7. The number of fused-ring (bicyclic) bond motifs is 1. The Morgan fingerprint density at radius 2 is 1.62 bits per heavy atom. The molecule has 0 aliphatic carbocycles. The summed E-state index contributed by atoms with van der Waals surface area (Å²) in [6, 6.07) is 25.4. The van der Waals surface area contributed by atoms with Crippen molar-refractivity contribution in [1.29, 1.82) is 0 Å². The first kappa shape index (κ1) is 21.6. The number of nitrogens with zero attached hydrogens (tertiary/aromatic N) is 4. The molecule has 0 bridgehead atoms. The Morgan fingerprint density at radius 3 is 2.35 bits per heavy atom. The highest BCUT2D eigenvalue weighted by Gasteiger charge is 2.18. The van der Waals surface area contributed by atoms with Crippen molar-refractivity contribution in [2.75, 3.05) is 18.9 Å². The van der Waals surface area contributed by atoms with Crippen molar-refractivity contribution in [1.82, 2.24) is 25.1 Å². The molecule has 8 heteroatoms. The molecular formula is C26H24N6O2. The minimum Gasteiger partial charge on any atom is -0.457 e. The molecule has 5 rings (SSSR count). The molecule has 2 heterocycles. The topological polar surface area (TPSA) is 111 Å². The Balaban J connectivity index is 1.48. The van der Waals surface area contributed by atoms with Crippen LogP contribution in [0, 0.1) is 0 Å². The molecule has 2 aromatic heterocycles.